The van der Waals surface area contributed by atoms with E-state index >= 15 is 0 Å². The molecule has 122 valence electrons. The first-order valence-corrected chi connectivity index (χ1v) is 6.67. The minimum atomic E-state index is -4.42. The topological polar surface area (TPSA) is 72.5 Å². The molecule has 0 spiro atoms. The van der Waals surface area contributed by atoms with Crippen LogP contribution in [0.2, 0.25) is 0 Å². The van der Waals surface area contributed by atoms with E-state index in [4.69, 9.17) is 4.74 Å². The Hall–Kier alpha value is -1.87. The summed E-state index contributed by atoms with van der Waals surface area (Å²) in [6.45, 7) is 0.222. The number of pyridine rings is 1. The fourth-order valence-corrected chi connectivity index (χ4v) is 1.84. The first kappa shape index (κ1) is 16.5. The molecule has 1 aliphatic heterocycles. The summed E-state index contributed by atoms with van der Waals surface area (Å²) >= 11 is 0. The molecule has 1 aliphatic rings. The first-order valence-electron chi connectivity index (χ1n) is 6.67. The van der Waals surface area contributed by atoms with Crippen molar-refractivity contribution in [3.8, 4) is 5.88 Å². The zero-order chi connectivity index (χ0) is 16.0. The molecule has 1 aromatic heterocycles. The lowest BCUT2D eigenvalue weighted by Crippen LogP contribution is -2.51. The molecule has 9 heteroatoms. The van der Waals surface area contributed by atoms with Gasteiger partial charge in [0.05, 0.1) is 13.2 Å². The normalized spacial score (nSPS) is 18.8. The summed E-state index contributed by atoms with van der Waals surface area (Å²) in [5.74, 6) is -0.363. The smallest absolute Gasteiger partial charge is 0.422 e. The maximum absolute atomic E-state index is 12.1. The van der Waals surface area contributed by atoms with Crippen molar-refractivity contribution in [2.24, 2.45) is 0 Å². The van der Waals surface area contributed by atoms with E-state index in [-0.39, 0.29) is 18.3 Å². The van der Waals surface area contributed by atoms with Gasteiger partial charge < -0.3 is 20.1 Å². The molecule has 2 rings (SSSR count). The number of hydrogen-bond donors (Lipinski definition) is 2. The number of hydrogen-bond acceptors (Lipinski definition) is 5. The number of nitrogens with one attached hydrogen (secondary N) is 2. The highest BCUT2D eigenvalue weighted by Crippen LogP contribution is 2.17. The van der Waals surface area contributed by atoms with Gasteiger partial charge in [0.15, 0.2) is 6.61 Å². The predicted molar refractivity (Wildman–Crippen MR) is 70.2 cm³/mol. The van der Waals surface area contributed by atoms with Crippen molar-refractivity contribution >= 4 is 5.91 Å². The first-order chi connectivity index (χ1) is 10.4. The lowest BCUT2D eigenvalue weighted by atomic mass is 10.2. The summed E-state index contributed by atoms with van der Waals surface area (Å²) in [5.41, 5.74) is 0.595. The Morgan fingerprint density at radius 2 is 2.36 bits per heavy atom. The third kappa shape index (κ3) is 5.49. The SMILES string of the molecule is O=C(NCc1ccnc(OCC(F)(F)F)c1)C1COCCN1. The fraction of sp³-hybridized carbons (Fsp3) is 0.538. The highest BCUT2D eigenvalue weighted by molar-refractivity contribution is 5.81. The molecular weight excluding hydrogens is 303 g/mol. The second kappa shape index (κ2) is 7.41. The molecule has 0 saturated carbocycles. The Kier molecular flexibility index (Phi) is 5.56. The van der Waals surface area contributed by atoms with Crippen molar-refractivity contribution < 1.29 is 27.4 Å². The largest absolute Gasteiger partial charge is 0.468 e. The maximum Gasteiger partial charge on any atom is 0.422 e. The molecule has 1 atom stereocenters. The number of ether oxygens (including phenoxy) is 2. The van der Waals surface area contributed by atoms with Gasteiger partial charge in [-0.3, -0.25) is 4.79 Å². The molecule has 1 amide bonds. The average Bonchev–Trinajstić information content (AvgIpc) is 2.51. The van der Waals surface area contributed by atoms with E-state index in [1.165, 1.54) is 12.3 Å². The van der Waals surface area contributed by atoms with Crippen LogP contribution in [-0.4, -0.2) is 49.5 Å². The number of amides is 1. The summed E-state index contributed by atoms with van der Waals surface area (Å²) in [6.07, 6.45) is -3.09. The molecule has 1 saturated heterocycles. The number of morpholine rings is 1. The van der Waals surface area contributed by atoms with Gasteiger partial charge in [-0.25, -0.2) is 4.98 Å². The third-order valence-electron chi connectivity index (χ3n) is 2.89. The molecule has 0 bridgehead atoms. The van der Waals surface area contributed by atoms with Crippen LogP contribution < -0.4 is 15.4 Å². The zero-order valence-corrected chi connectivity index (χ0v) is 11.7. The zero-order valence-electron chi connectivity index (χ0n) is 11.7. The quantitative estimate of drug-likeness (QED) is 0.833. The van der Waals surface area contributed by atoms with Crippen molar-refractivity contribution in [1.29, 1.82) is 0 Å². The highest BCUT2D eigenvalue weighted by Gasteiger charge is 2.28. The van der Waals surface area contributed by atoms with Crippen LogP contribution in [0.3, 0.4) is 0 Å². The lowest BCUT2D eigenvalue weighted by molar-refractivity contribution is -0.154. The van der Waals surface area contributed by atoms with E-state index < -0.39 is 18.8 Å². The second-order valence-electron chi connectivity index (χ2n) is 4.71. The average molecular weight is 319 g/mol. The van der Waals surface area contributed by atoms with Crippen molar-refractivity contribution in [2.75, 3.05) is 26.4 Å². The van der Waals surface area contributed by atoms with Crippen LogP contribution in [-0.2, 0) is 16.1 Å². The van der Waals surface area contributed by atoms with Gasteiger partial charge in [0, 0.05) is 25.4 Å². The van der Waals surface area contributed by atoms with Crippen LogP contribution in [0.25, 0.3) is 0 Å². The second-order valence-corrected chi connectivity index (χ2v) is 4.71. The molecule has 22 heavy (non-hydrogen) atoms. The van der Waals surface area contributed by atoms with E-state index in [9.17, 15) is 18.0 Å². The van der Waals surface area contributed by atoms with Crippen molar-refractivity contribution in [3.63, 3.8) is 0 Å². The Bertz CT molecular complexity index is 505. The number of aromatic nitrogens is 1. The molecule has 2 heterocycles. The monoisotopic (exact) mass is 319 g/mol. The minimum absolute atomic E-state index is 0.136. The summed E-state index contributed by atoms with van der Waals surface area (Å²) in [4.78, 5) is 15.6. The van der Waals surface area contributed by atoms with Gasteiger partial charge in [-0.2, -0.15) is 13.2 Å². The number of carbonyl (C=O) groups is 1. The Balaban J connectivity index is 1.83. The molecule has 0 radical (unpaired) electrons. The fourth-order valence-electron chi connectivity index (χ4n) is 1.84. The van der Waals surface area contributed by atoms with Crippen molar-refractivity contribution in [1.82, 2.24) is 15.6 Å². The predicted octanol–water partition coefficient (Wildman–Crippen LogP) is 0.627. The number of nitrogens with zero attached hydrogens (tertiary/aromatic N) is 1. The van der Waals surface area contributed by atoms with Gasteiger partial charge in [0.1, 0.15) is 6.04 Å². The minimum Gasteiger partial charge on any atom is -0.468 e. The van der Waals surface area contributed by atoms with Crippen LogP contribution >= 0.6 is 0 Å². The van der Waals surface area contributed by atoms with Crippen LogP contribution in [0.4, 0.5) is 13.2 Å². The Morgan fingerprint density at radius 1 is 1.55 bits per heavy atom. The molecule has 2 N–H and O–H groups in total. The molecule has 6 nitrogen and oxygen atoms in total. The third-order valence-corrected chi connectivity index (χ3v) is 2.89. The van der Waals surface area contributed by atoms with Gasteiger partial charge in [-0.05, 0) is 11.6 Å². The van der Waals surface area contributed by atoms with E-state index in [1.54, 1.807) is 6.07 Å². The molecule has 1 fully saturated rings. The summed E-state index contributed by atoms with van der Waals surface area (Å²) < 4.78 is 46.0. The Labute approximate surface area is 125 Å². The van der Waals surface area contributed by atoms with E-state index in [1.807, 2.05) is 0 Å². The van der Waals surface area contributed by atoms with Gasteiger partial charge in [-0.15, -0.1) is 0 Å². The molecule has 1 unspecified atom stereocenters. The van der Waals surface area contributed by atoms with Crippen LogP contribution in [0.1, 0.15) is 5.56 Å². The standard InChI is InChI=1S/C13H16F3N3O3/c14-13(15,16)8-22-11-5-9(1-2-18-11)6-19-12(20)10-7-21-4-3-17-10/h1-2,5,10,17H,3-4,6-8H2,(H,19,20). The van der Waals surface area contributed by atoms with Gasteiger partial charge in [0.25, 0.3) is 0 Å². The van der Waals surface area contributed by atoms with Crippen LogP contribution in [0, 0.1) is 0 Å². The summed E-state index contributed by atoms with van der Waals surface area (Å²) in [7, 11) is 0. The van der Waals surface area contributed by atoms with Crippen molar-refractivity contribution in [2.45, 2.75) is 18.8 Å². The van der Waals surface area contributed by atoms with E-state index in [2.05, 4.69) is 20.4 Å². The number of carbonyl (C=O) groups excluding carboxylic acids is 1. The molecule has 0 aliphatic carbocycles. The number of alkyl halides is 3. The van der Waals surface area contributed by atoms with E-state index in [0.29, 0.717) is 25.3 Å². The van der Waals surface area contributed by atoms with Gasteiger partial charge >= 0.3 is 6.18 Å². The summed E-state index contributed by atoms with van der Waals surface area (Å²) in [6, 6.07) is 2.53. The molecular formula is C13H16F3N3O3. The molecule has 1 aromatic rings. The number of halogens is 3. The van der Waals surface area contributed by atoms with Crippen LogP contribution in [0.5, 0.6) is 5.88 Å². The summed E-state index contributed by atoms with van der Waals surface area (Å²) in [5, 5.41) is 5.69. The van der Waals surface area contributed by atoms with Crippen LogP contribution in [0.15, 0.2) is 18.3 Å². The van der Waals surface area contributed by atoms with Gasteiger partial charge in [-0.1, -0.05) is 0 Å². The van der Waals surface area contributed by atoms with E-state index in [0.717, 1.165) is 0 Å². The Morgan fingerprint density at radius 3 is 3.05 bits per heavy atom. The molecule has 0 aromatic carbocycles. The van der Waals surface area contributed by atoms with Gasteiger partial charge in [0.2, 0.25) is 11.8 Å². The lowest BCUT2D eigenvalue weighted by Gasteiger charge is -2.22. The highest BCUT2D eigenvalue weighted by atomic mass is 19.4. The number of rotatable bonds is 5. The van der Waals surface area contributed by atoms with Crippen molar-refractivity contribution in [3.05, 3.63) is 23.9 Å². The maximum atomic E-state index is 12.1.